The number of aryl methyl sites for hydroxylation is 1. The highest BCUT2D eigenvalue weighted by Gasteiger charge is 2.41. The Morgan fingerprint density at radius 2 is 2.03 bits per heavy atom. The molecule has 3 aromatic rings. The van der Waals surface area contributed by atoms with Gasteiger partial charge in [0.05, 0.1) is 17.1 Å². The molecular formula is C25H26N6OS. The van der Waals surface area contributed by atoms with Gasteiger partial charge in [-0.15, -0.1) is 11.8 Å². The lowest BCUT2D eigenvalue weighted by Gasteiger charge is -2.34. The lowest BCUT2D eigenvalue weighted by atomic mass is 10.1. The van der Waals surface area contributed by atoms with E-state index in [2.05, 4.69) is 63.7 Å². The van der Waals surface area contributed by atoms with Crippen molar-refractivity contribution in [3.8, 4) is 11.3 Å². The maximum atomic E-state index is 11.6. The number of nitrogens with zero attached hydrogens (tertiary/aromatic N) is 4. The Morgan fingerprint density at radius 1 is 1.12 bits per heavy atom. The van der Waals surface area contributed by atoms with E-state index in [0.29, 0.717) is 23.8 Å². The number of thioether (sulfide) groups is 1. The molecule has 2 N–H and O–H groups in total. The van der Waals surface area contributed by atoms with Gasteiger partial charge in [0.2, 0.25) is 11.9 Å². The van der Waals surface area contributed by atoms with Crippen molar-refractivity contribution in [1.29, 1.82) is 0 Å². The summed E-state index contributed by atoms with van der Waals surface area (Å²) in [5, 5.41) is 6.28. The van der Waals surface area contributed by atoms with Crippen molar-refractivity contribution in [2.75, 3.05) is 41.4 Å². The van der Waals surface area contributed by atoms with Crippen LogP contribution in [0.4, 0.5) is 23.0 Å². The molecule has 0 radical (unpaired) electrons. The minimum Gasteiger partial charge on any atom is -0.365 e. The topological polar surface area (TPSA) is 73.4 Å². The fraction of sp³-hybridized carbons (Fsp3) is 0.320. The van der Waals surface area contributed by atoms with Gasteiger partial charge in [0.25, 0.3) is 0 Å². The predicted octanol–water partition coefficient (Wildman–Crippen LogP) is 4.13. The molecule has 0 saturated carbocycles. The van der Waals surface area contributed by atoms with Gasteiger partial charge in [-0.05, 0) is 62.4 Å². The standard InChI is InChI=1S/C25H26N6OS/c1-15-9-17(4-6-22(15)31-13-18-11-19(31)12-30(18)2)27-25-26-8-7-20(29-25)16-3-5-21-23(10-16)33-14-24(32)28-21/h3-10,18-19H,11-14H2,1-2H3,(H,28,32)(H,26,27,29). The molecular weight excluding hydrogens is 432 g/mol. The van der Waals surface area contributed by atoms with Crippen molar-refractivity contribution in [2.45, 2.75) is 30.3 Å². The Balaban J connectivity index is 1.21. The highest BCUT2D eigenvalue weighted by Crippen LogP contribution is 2.37. The normalized spacial score (nSPS) is 21.8. The monoisotopic (exact) mass is 458 g/mol. The number of rotatable bonds is 4. The van der Waals surface area contributed by atoms with Gasteiger partial charge >= 0.3 is 0 Å². The number of hydrogen-bond acceptors (Lipinski definition) is 7. The van der Waals surface area contributed by atoms with E-state index in [-0.39, 0.29) is 5.91 Å². The Bertz CT molecular complexity index is 1250. The summed E-state index contributed by atoms with van der Waals surface area (Å²) in [4.78, 5) is 26.9. The van der Waals surface area contributed by atoms with Crippen LogP contribution in [0.25, 0.3) is 11.3 Å². The predicted molar refractivity (Wildman–Crippen MR) is 133 cm³/mol. The first kappa shape index (κ1) is 20.5. The van der Waals surface area contributed by atoms with Crippen molar-refractivity contribution < 1.29 is 4.79 Å². The SMILES string of the molecule is Cc1cc(Nc2nccc(-c3ccc4c(c3)SCC(=O)N4)n2)ccc1N1CC2CC1CN2C. The van der Waals surface area contributed by atoms with Crippen LogP contribution >= 0.6 is 11.8 Å². The Kier molecular flexibility index (Phi) is 4.99. The van der Waals surface area contributed by atoms with E-state index >= 15 is 0 Å². The van der Waals surface area contributed by atoms with Crippen LogP contribution in [0, 0.1) is 6.92 Å². The van der Waals surface area contributed by atoms with E-state index in [0.717, 1.165) is 40.6 Å². The van der Waals surface area contributed by atoms with E-state index in [9.17, 15) is 4.79 Å². The van der Waals surface area contributed by atoms with Crippen molar-refractivity contribution in [3.63, 3.8) is 0 Å². The smallest absolute Gasteiger partial charge is 0.234 e. The number of nitrogens with one attached hydrogen (secondary N) is 2. The molecule has 0 aliphatic carbocycles. The second-order valence-electron chi connectivity index (χ2n) is 9.07. The fourth-order valence-electron chi connectivity index (χ4n) is 5.16. The first-order valence-electron chi connectivity index (χ1n) is 11.3. The van der Waals surface area contributed by atoms with Crippen LogP contribution in [0.2, 0.25) is 0 Å². The molecule has 4 heterocycles. The molecule has 33 heavy (non-hydrogen) atoms. The van der Waals surface area contributed by atoms with E-state index in [1.807, 2.05) is 18.2 Å². The van der Waals surface area contributed by atoms with Crippen molar-refractivity contribution in [2.24, 2.45) is 0 Å². The molecule has 2 fully saturated rings. The van der Waals surface area contributed by atoms with Crippen LogP contribution in [0.3, 0.4) is 0 Å². The Hall–Kier alpha value is -3.10. The molecule has 7 nitrogen and oxygen atoms in total. The highest BCUT2D eigenvalue weighted by atomic mass is 32.2. The summed E-state index contributed by atoms with van der Waals surface area (Å²) >= 11 is 1.55. The van der Waals surface area contributed by atoms with Gasteiger partial charge < -0.3 is 15.5 Å². The molecule has 168 valence electrons. The maximum Gasteiger partial charge on any atom is 0.234 e. The van der Waals surface area contributed by atoms with Gasteiger partial charge in [-0.2, -0.15) is 0 Å². The summed E-state index contributed by atoms with van der Waals surface area (Å²) in [6.45, 7) is 4.44. The number of fused-ring (bicyclic) bond motifs is 3. The summed E-state index contributed by atoms with van der Waals surface area (Å²) in [6, 6.07) is 15.7. The third kappa shape index (κ3) is 3.83. The largest absolute Gasteiger partial charge is 0.365 e. The number of carbonyl (C=O) groups excluding carboxylic acids is 1. The molecule has 2 bridgehead atoms. The van der Waals surface area contributed by atoms with Gasteiger partial charge in [0.1, 0.15) is 0 Å². The molecule has 2 saturated heterocycles. The second-order valence-corrected chi connectivity index (χ2v) is 10.1. The van der Waals surface area contributed by atoms with E-state index in [1.54, 1.807) is 18.0 Å². The lowest BCUT2D eigenvalue weighted by Crippen LogP contribution is -2.44. The van der Waals surface area contributed by atoms with Gasteiger partial charge in [-0.3, -0.25) is 9.69 Å². The number of carbonyl (C=O) groups is 1. The Labute approximate surface area is 197 Å². The molecule has 2 aromatic carbocycles. The van der Waals surface area contributed by atoms with Crippen LogP contribution in [0.5, 0.6) is 0 Å². The van der Waals surface area contributed by atoms with Gasteiger partial charge in [0, 0.05) is 53.2 Å². The van der Waals surface area contributed by atoms with E-state index < -0.39 is 0 Å². The van der Waals surface area contributed by atoms with Crippen molar-refractivity contribution >= 4 is 40.7 Å². The van der Waals surface area contributed by atoms with Crippen LogP contribution < -0.4 is 15.5 Å². The third-order valence-electron chi connectivity index (χ3n) is 6.84. The van der Waals surface area contributed by atoms with Crippen LogP contribution in [0.1, 0.15) is 12.0 Å². The summed E-state index contributed by atoms with van der Waals surface area (Å²) in [5.74, 6) is 1.05. The van der Waals surface area contributed by atoms with Crippen molar-refractivity contribution in [1.82, 2.24) is 14.9 Å². The number of aromatic nitrogens is 2. The quantitative estimate of drug-likeness (QED) is 0.609. The first-order chi connectivity index (χ1) is 16.0. The van der Waals surface area contributed by atoms with E-state index in [1.165, 1.54) is 17.7 Å². The molecule has 8 heteroatoms. The second kappa shape index (κ2) is 8.04. The molecule has 6 rings (SSSR count). The number of benzene rings is 2. The molecule has 3 aliphatic rings. The van der Waals surface area contributed by atoms with Crippen LogP contribution in [-0.2, 0) is 4.79 Å². The molecule has 0 spiro atoms. The maximum absolute atomic E-state index is 11.6. The van der Waals surface area contributed by atoms with Crippen molar-refractivity contribution in [3.05, 3.63) is 54.2 Å². The zero-order valence-corrected chi connectivity index (χ0v) is 19.5. The number of amides is 1. The molecule has 1 amide bonds. The Morgan fingerprint density at radius 3 is 2.82 bits per heavy atom. The number of hydrogen-bond donors (Lipinski definition) is 2. The molecule has 1 aromatic heterocycles. The molecule has 2 unspecified atom stereocenters. The van der Waals surface area contributed by atoms with Crippen LogP contribution in [0.15, 0.2) is 53.6 Å². The average Bonchev–Trinajstić information content (AvgIpc) is 3.38. The first-order valence-corrected chi connectivity index (χ1v) is 12.3. The van der Waals surface area contributed by atoms with Gasteiger partial charge in [0.15, 0.2) is 0 Å². The summed E-state index contributed by atoms with van der Waals surface area (Å²) in [7, 11) is 2.23. The number of likely N-dealkylation sites (tertiary alicyclic amines) is 1. The van der Waals surface area contributed by atoms with Crippen LogP contribution in [-0.4, -0.2) is 58.7 Å². The number of piperazine rings is 1. The fourth-order valence-corrected chi connectivity index (χ4v) is 6.00. The number of likely N-dealkylation sites (N-methyl/N-ethyl adjacent to an activating group) is 1. The third-order valence-corrected chi connectivity index (χ3v) is 7.90. The number of anilines is 4. The van der Waals surface area contributed by atoms with Gasteiger partial charge in [-0.1, -0.05) is 6.07 Å². The average molecular weight is 459 g/mol. The minimum atomic E-state index is 0.0413. The lowest BCUT2D eigenvalue weighted by molar-refractivity contribution is -0.113. The molecule has 3 aliphatic heterocycles. The zero-order chi connectivity index (χ0) is 22.5. The summed E-state index contributed by atoms with van der Waals surface area (Å²) in [6.07, 6.45) is 3.04. The van der Waals surface area contributed by atoms with Gasteiger partial charge in [-0.25, -0.2) is 9.97 Å². The zero-order valence-electron chi connectivity index (χ0n) is 18.7. The van der Waals surface area contributed by atoms with E-state index in [4.69, 9.17) is 4.98 Å². The minimum absolute atomic E-state index is 0.0413. The highest BCUT2D eigenvalue weighted by molar-refractivity contribution is 8.00. The summed E-state index contributed by atoms with van der Waals surface area (Å²) in [5.41, 5.74) is 6.29. The summed E-state index contributed by atoms with van der Waals surface area (Å²) < 4.78 is 0. The molecule has 2 atom stereocenters.